The van der Waals surface area contributed by atoms with Crippen molar-refractivity contribution in [3.8, 4) is 50.9 Å². The van der Waals surface area contributed by atoms with Crippen LogP contribution in [0.25, 0.3) is 72.3 Å². The molecular formula is C63H55N5OPt-2. The zero-order chi connectivity index (χ0) is 47.1. The fraction of sp³-hybridized carbons (Fsp3) is 0.238. The first kappa shape index (κ1) is 43.3. The SMILES string of the molecule is CC(C)(C)c1ccnc(-n2c3[c-]c(Oc4[c-]c(-n5[c](=[Pt])n(-c6c(-c7ccccc7)c7c8c(c6-c6ccccc6)CCN8CCC7)c6ccccc65)ccc4)ccc3c3cc(C4CCCCC4)ccc32)c1. The number of rotatable bonds is 8. The van der Waals surface area contributed by atoms with Gasteiger partial charge in [-0.2, -0.15) is 0 Å². The van der Waals surface area contributed by atoms with E-state index in [4.69, 9.17) is 9.72 Å². The van der Waals surface area contributed by atoms with Crippen molar-refractivity contribution in [2.24, 2.45) is 0 Å². The van der Waals surface area contributed by atoms with Crippen LogP contribution in [0.1, 0.15) is 87.5 Å². The van der Waals surface area contributed by atoms with Crippen molar-refractivity contribution in [2.75, 3.05) is 18.0 Å². The third kappa shape index (κ3) is 7.24. The van der Waals surface area contributed by atoms with Crippen LogP contribution >= 0.6 is 0 Å². The second-order valence-corrected chi connectivity index (χ2v) is 21.6. The van der Waals surface area contributed by atoms with E-state index in [1.807, 2.05) is 12.3 Å². The Hall–Kier alpha value is -6.75. The maximum atomic E-state index is 6.85. The molecule has 0 N–H and O–H groups in total. The second-order valence-electron chi connectivity index (χ2n) is 20.6. The molecule has 7 aromatic carbocycles. The van der Waals surface area contributed by atoms with E-state index in [1.54, 1.807) is 0 Å². The van der Waals surface area contributed by atoms with E-state index < -0.39 is 0 Å². The van der Waals surface area contributed by atoms with E-state index in [2.05, 4.69) is 210 Å². The van der Waals surface area contributed by atoms with Gasteiger partial charge in [0, 0.05) is 6.20 Å². The molecule has 5 heterocycles. The fourth-order valence-corrected chi connectivity index (χ4v) is 13.1. The Bertz CT molecular complexity index is 3720. The number of para-hydroxylation sites is 2. The van der Waals surface area contributed by atoms with E-state index in [-0.39, 0.29) is 5.41 Å². The van der Waals surface area contributed by atoms with Crippen LogP contribution in [-0.4, -0.2) is 31.8 Å². The molecule has 0 amide bonds. The average molecular weight is 1090 g/mol. The molecule has 0 bridgehead atoms. The third-order valence-electron chi connectivity index (χ3n) is 15.3. The van der Waals surface area contributed by atoms with Crippen molar-refractivity contribution >= 4 is 38.5 Å². The molecule has 0 unspecified atom stereocenters. The van der Waals surface area contributed by atoms with Crippen LogP contribution in [-0.2, 0) is 37.6 Å². The molecule has 350 valence electrons. The van der Waals surface area contributed by atoms with Crippen molar-refractivity contribution in [2.45, 2.75) is 83.5 Å². The number of hydrogen-bond acceptors (Lipinski definition) is 3. The van der Waals surface area contributed by atoms with Crippen molar-refractivity contribution in [1.29, 1.82) is 0 Å². The van der Waals surface area contributed by atoms with Crippen molar-refractivity contribution in [3.05, 3.63) is 190 Å². The summed E-state index contributed by atoms with van der Waals surface area (Å²) in [7, 11) is 0. The second kappa shape index (κ2) is 17.3. The first-order valence-corrected chi connectivity index (χ1v) is 26.4. The molecule has 1 fully saturated rings. The van der Waals surface area contributed by atoms with Gasteiger partial charge in [-0.3, -0.25) is 0 Å². The molecule has 3 aromatic heterocycles. The third-order valence-corrected chi connectivity index (χ3v) is 16.3. The summed E-state index contributed by atoms with van der Waals surface area (Å²) in [4.78, 5) is 7.64. The summed E-state index contributed by atoms with van der Waals surface area (Å²) in [6.45, 7) is 8.94. The van der Waals surface area contributed by atoms with Gasteiger partial charge in [0.25, 0.3) is 0 Å². The van der Waals surface area contributed by atoms with Gasteiger partial charge in [0.2, 0.25) is 0 Å². The first-order valence-electron chi connectivity index (χ1n) is 25.2. The van der Waals surface area contributed by atoms with E-state index in [9.17, 15) is 0 Å². The number of pyridine rings is 1. The summed E-state index contributed by atoms with van der Waals surface area (Å²) in [5.41, 5.74) is 18.7. The molecule has 0 saturated heterocycles. The number of aromatic nitrogens is 4. The summed E-state index contributed by atoms with van der Waals surface area (Å²) in [6, 6.07) is 60.5. The summed E-state index contributed by atoms with van der Waals surface area (Å²) in [5.74, 6) is 2.75. The Labute approximate surface area is 421 Å². The molecule has 6 nitrogen and oxygen atoms in total. The number of benzene rings is 7. The van der Waals surface area contributed by atoms with Crippen LogP contribution in [0.2, 0.25) is 0 Å². The zero-order valence-corrected chi connectivity index (χ0v) is 42.3. The van der Waals surface area contributed by atoms with Gasteiger partial charge in [-0.25, -0.2) is 0 Å². The van der Waals surface area contributed by atoms with Crippen LogP contribution in [0.3, 0.4) is 0 Å². The van der Waals surface area contributed by atoms with Crippen molar-refractivity contribution < 1.29 is 24.1 Å². The van der Waals surface area contributed by atoms with E-state index in [0.29, 0.717) is 17.4 Å². The number of nitrogens with zero attached hydrogens (tertiary/aromatic N) is 5. The fourth-order valence-electron chi connectivity index (χ4n) is 12.0. The van der Waals surface area contributed by atoms with Gasteiger partial charge in [0.1, 0.15) is 0 Å². The number of hydrogen-bond donors (Lipinski definition) is 0. The van der Waals surface area contributed by atoms with Gasteiger partial charge in [-0.1, -0.05) is 46.1 Å². The molecule has 0 atom stereocenters. The zero-order valence-electron chi connectivity index (χ0n) is 40.0. The normalized spacial score (nSPS) is 15.1. The Morgan fingerprint density at radius 3 is 2.03 bits per heavy atom. The molecule has 7 heteroatoms. The van der Waals surface area contributed by atoms with Gasteiger partial charge in [0.15, 0.2) is 0 Å². The average Bonchev–Trinajstić information content (AvgIpc) is 4.06. The topological polar surface area (TPSA) is 40.1 Å². The van der Waals surface area contributed by atoms with Crippen LogP contribution in [0.4, 0.5) is 5.69 Å². The van der Waals surface area contributed by atoms with Gasteiger partial charge in [-0.05, 0) is 41.4 Å². The predicted molar refractivity (Wildman–Crippen MR) is 282 cm³/mol. The molecule has 0 radical (unpaired) electrons. The minimum absolute atomic E-state index is 0.0288. The Balaban J connectivity index is 0.964. The number of imidazole rings is 1. The Kier molecular flexibility index (Phi) is 10.7. The minimum atomic E-state index is -0.0288. The van der Waals surface area contributed by atoms with Crippen LogP contribution in [0.15, 0.2) is 152 Å². The Morgan fingerprint density at radius 1 is 0.586 bits per heavy atom. The summed E-state index contributed by atoms with van der Waals surface area (Å²) >= 11 is 2.56. The maximum absolute atomic E-state index is 6.85. The summed E-state index contributed by atoms with van der Waals surface area (Å²) in [5, 5.41) is 2.38. The molecule has 1 saturated carbocycles. The molecule has 1 aliphatic carbocycles. The first-order chi connectivity index (χ1) is 34.3. The van der Waals surface area contributed by atoms with Gasteiger partial charge >= 0.3 is 330 Å². The number of ether oxygens (including phenoxy) is 1. The van der Waals surface area contributed by atoms with Gasteiger partial charge in [-0.15, -0.1) is 0 Å². The molecule has 3 aliphatic rings. The summed E-state index contributed by atoms with van der Waals surface area (Å²) < 4.78 is 15.1. The molecule has 0 spiro atoms. The van der Waals surface area contributed by atoms with Crippen LogP contribution in [0, 0.1) is 15.9 Å². The van der Waals surface area contributed by atoms with Crippen molar-refractivity contribution in [3.63, 3.8) is 0 Å². The van der Waals surface area contributed by atoms with Crippen LogP contribution in [0.5, 0.6) is 11.5 Å². The predicted octanol–water partition coefficient (Wildman–Crippen LogP) is 15.4. The molecule has 13 rings (SSSR count). The molecular weight excluding hydrogens is 1040 g/mol. The van der Waals surface area contributed by atoms with Crippen molar-refractivity contribution in [1.82, 2.24) is 18.7 Å². The number of anilines is 1. The van der Waals surface area contributed by atoms with Crippen LogP contribution < -0.4 is 9.64 Å². The van der Waals surface area contributed by atoms with E-state index in [1.165, 1.54) is 93.4 Å². The summed E-state index contributed by atoms with van der Waals surface area (Å²) in [6.07, 6.45) is 11.6. The molecule has 2 aliphatic heterocycles. The van der Waals surface area contributed by atoms with E-state index >= 15 is 0 Å². The quantitative estimate of drug-likeness (QED) is 0.142. The molecule has 10 aromatic rings. The molecule has 70 heavy (non-hydrogen) atoms. The standard InChI is InChI=1S/C63H55N5O.Pt/c1-63(2,3)46-32-34-64-58(38-46)68-54-31-28-45(42-17-7-4-8-18-42)37-53(54)50-30-29-49(40-57(50)68)69-48-24-15-23-47(39-48)66-41-67(56-27-14-13-26-55(56)66)62-59(43-19-9-5-10-20-43)51-25-16-35-65-36-33-52(61(51)65)60(62)44-21-11-6-12-22-44;/h5-6,9-15,19-24,26-32,34,37-38,42H,4,7-8,16-18,25,33,35-36H2,1-3H3;/q-2;. The monoisotopic (exact) mass is 1090 g/mol. The number of fused-ring (bicyclic) bond motifs is 4. The van der Waals surface area contributed by atoms with Gasteiger partial charge < -0.3 is 0 Å². The Morgan fingerprint density at radius 2 is 1.29 bits per heavy atom. The van der Waals surface area contributed by atoms with E-state index in [0.717, 1.165) is 75.1 Å². The van der Waals surface area contributed by atoms with Gasteiger partial charge in [0.05, 0.1) is 0 Å².